The van der Waals surface area contributed by atoms with E-state index >= 15 is 0 Å². The lowest BCUT2D eigenvalue weighted by molar-refractivity contribution is 0.00533. The molecule has 2 amide bonds. The van der Waals surface area contributed by atoms with Crippen molar-refractivity contribution in [1.82, 2.24) is 15.1 Å². The van der Waals surface area contributed by atoms with Gasteiger partial charge in [0.25, 0.3) is 0 Å². The predicted octanol–water partition coefficient (Wildman–Crippen LogP) is 4.54. The van der Waals surface area contributed by atoms with Crippen molar-refractivity contribution in [2.75, 3.05) is 19.6 Å². The van der Waals surface area contributed by atoms with Gasteiger partial charge in [-0.15, -0.1) is 0 Å². The van der Waals surface area contributed by atoms with Gasteiger partial charge < -0.3 is 10.2 Å². The molecule has 4 nitrogen and oxygen atoms in total. The molecular formula is C25H31N3O. The average molecular weight is 390 g/mol. The molecule has 0 aromatic heterocycles. The van der Waals surface area contributed by atoms with Gasteiger partial charge in [0, 0.05) is 31.7 Å². The summed E-state index contributed by atoms with van der Waals surface area (Å²) in [6, 6.07) is 20.1. The standard InChI is InChI=1S/C25H31N3O/c1-18(19-8-3-2-4-9-19)26-25(29)28-14-7-11-21-17-27-15-13-20-10-5-6-12-22(20)24(27)16-23(21)28/h2-6,8-10,12,18,21,23-24H,7,11,13-17H2,1H3,(H,26,29)/t18-,21+,23-,24-/m1/s1. The molecule has 4 heteroatoms. The Morgan fingerprint density at radius 1 is 1.07 bits per heavy atom. The van der Waals surface area contributed by atoms with Gasteiger partial charge in [-0.1, -0.05) is 54.6 Å². The summed E-state index contributed by atoms with van der Waals surface area (Å²) < 4.78 is 0. The fourth-order valence-corrected chi connectivity index (χ4v) is 5.74. The van der Waals surface area contributed by atoms with E-state index in [0.717, 1.165) is 44.5 Å². The summed E-state index contributed by atoms with van der Waals surface area (Å²) in [4.78, 5) is 18.1. The van der Waals surface area contributed by atoms with Crippen molar-refractivity contribution in [3.05, 3.63) is 71.3 Å². The van der Waals surface area contributed by atoms with E-state index in [9.17, 15) is 4.79 Å². The molecule has 0 spiro atoms. The van der Waals surface area contributed by atoms with Gasteiger partial charge in [0.05, 0.1) is 6.04 Å². The van der Waals surface area contributed by atoms with Crippen molar-refractivity contribution in [2.45, 2.75) is 50.7 Å². The Hall–Kier alpha value is -2.33. The van der Waals surface area contributed by atoms with Gasteiger partial charge in [-0.05, 0) is 55.2 Å². The Morgan fingerprint density at radius 3 is 2.72 bits per heavy atom. The molecule has 0 aliphatic carbocycles. The second-order valence-corrected chi connectivity index (χ2v) is 8.94. The quantitative estimate of drug-likeness (QED) is 0.818. The number of urea groups is 1. The lowest BCUT2D eigenvalue weighted by Crippen LogP contribution is -2.59. The first-order valence-corrected chi connectivity index (χ1v) is 11.1. The van der Waals surface area contributed by atoms with Crippen molar-refractivity contribution < 1.29 is 4.79 Å². The topological polar surface area (TPSA) is 35.6 Å². The lowest BCUT2D eigenvalue weighted by atomic mass is 9.77. The van der Waals surface area contributed by atoms with Gasteiger partial charge in [-0.2, -0.15) is 0 Å². The number of carbonyl (C=O) groups is 1. The number of carbonyl (C=O) groups excluding carboxylic acids is 1. The van der Waals surface area contributed by atoms with E-state index in [1.807, 2.05) is 18.2 Å². The van der Waals surface area contributed by atoms with Crippen LogP contribution in [0.4, 0.5) is 4.79 Å². The summed E-state index contributed by atoms with van der Waals surface area (Å²) in [7, 11) is 0. The third kappa shape index (κ3) is 3.55. The summed E-state index contributed by atoms with van der Waals surface area (Å²) in [5, 5.41) is 3.26. The molecule has 3 aliphatic rings. The van der Waals surface area contributed by atoms with Crippen molar-refractivity contribution in [3.8, 4) is 0 Å². The number of rotatable bonds is 2. The second-order valence-electron chi connectivity index (χ2n) is 8.94. The molecule has 1 N–H and O–H groups in total. The largest absolute Gasteiger partial charge is 0.331 e. The van der Waals surface area contributed by atoms with Gasteiger partial charge in [0.15, 0.2) is 0 Å². The van der Waals surface area contributed by atoms with E-state index in [2.05, 4.69) is 58.4 Å². The maximum atomic E-state index is 13.2. The Bertz CT molecular complexity index is 867. The van der Waals surface area contributed by atoms with E-state index in [0.29, 0.717) is 18.0 Å². The third-order valence-corrected chi connectivity index (χ3v) is 7.28. The molecule has 3 heterocycles. The highest BCUT2D eigenvalue weighted by molar-refractivity contribution is 5.75. The van der Waals surface area contributed by atoms with Crippen LogP contribution in [0.25, 0.3) is 0 Å². The number of hydrogen-bond acceptors (Lipinski definition) is 2. The number of piperidine rings is 2. The minimum absolute atomic E-state index is 0.0274. The highest BCUT2D eigenvalue weighted by atomic mass is 16.2. The number of hydrogen-bond donors (Lipinski definition) is 1. The molecule has 0 bridgehead atoms. The van der Waals surface area contributed by atoms with Gasteiger partial charge in [-0.25, -0.2) is 4.79 Å². The zero-order valence-electron chi connectivity index (χ0n) is 17.3. The molecule has 2 saturated heterocycles. The van der Waals surface area contributed by atoms with Crippen LogP contribution >= 0.6 is 0 Å². The summed E-state index contributed by atoms with van der Waals surface area (Å²) in [5.74, 6) is 0.600. The van der Waals surface area contributed by atoms with Gasteiger partial charge in [0.2, 0.25) is 0 Å². The number of nitrogens with one attached hydrogen (secondary N) is 1. The Labute approximate surface area is 173 Å². The number of amides is 2. The van der Waals surface area contributed by atoms with E-state index in [4.69, 9.17) is 0 Å². The summed E-state index contributed by atoms with van der Waals surface area (Å²) in [5.41, 5.74) is 4.14. The highest BCUT2D eigenvalue weighted by Gasteiger charge is 2.43. The van der Waals surface area contributed by atoms with Crippen LogP contribution in [0, 0.1) is 5.92 Å². The van der Waals surface area contributed by atoms with Gasteiger partial charge in [-0.3, -0.25) is 4.90 Å². The van der Waals surface area contributed by atoms with Crippen LogP contribution in [0.5, 0.6) is 0 Å². The molecule has 2 aromatic carbocycles. The average Bonchev–Trinajstić information content (AvgIpc) is 2.77. The third-order valence-electron chi connectivity index (χ3n) is 7.28. The monoisotopic (exact) mass is 389 g/mol. The lowest BCUT2D eigenvalue weighted by Gasteiger charge is -2.52. The molecular weight excluding hydrogens is 358 g/mol. The number of likely N-dealkylation sites (tertiary alicyclic amines) is 1. The molecule has 0 radical (unpaired) electrons. The number of fused-ring (bicyclic) bond motifs is 4. The molecule has 0 saturated carbocycles. The van der Waals surface area contributed by atoms with Crippen LogP contribution in [0.2, 0.25) is 0 Å². The fraction of sp³-hybridized carbons (Fsp3) is 0.480. The molecule has 2 aromatic rings. The minimum atomic E-state index is 0.0274. The zero-order chi connectivity index (χ0) is 19.8. The van der Waals surface area contributed by atoms with E-state index in [1.165, 1.54) is 17.5 Å². The van der Waals surface area contributed by atoms with Crippen LogP contribution < -0.4 is 5.32 Å². The van der Waals surface area contributed by atoms with Crippen molar-refractivity contribution in [1.29, 1.82) is 0 Å². The molecule has 0 unspecified atom stereocenters. The van der Waals surface area contributed by atoms with Crippen LogP contribution in [0.15, 0.2) is 54.6 Å². The minimum Gasteiger partial charge on any atom is -0.331 e. The number of nitrogens with zero attached hydrogens (tertiary/aromatic N) is 2. The van der Waals surface area contributed by atoms with Crippen LogP contribution in [0.1, 0.15) is 55.0 Å². The normalized spacial score (nSPS) is 27.3. The van der Waals surface area contributed by atoms with Crippen molar-refractivity contribution >= 4 is 6.03 Å². The maximum Gasteiger partial charge on any atom is 0.318 e. The SMILES string of the molecule is C[C@@H](NC(=O)N1CCC[C@H]2CN3CCc4ccccc4[C@H]3C[C@H]21)c1ccccc1. The molecule has 3 aliphatic heterocycles. The van der Waals surface area contributed by atoms with E-state index < -0.39 is 0 Å². The molecule has 2 fully saturated rings. The molecule has 152 valence electrons. The van der Waals surface area contributed by atoms with Crippen molar-refractivity contribution in [2.24, 2.45) is 5.92 Å². The smallest absolute Gasteiger partial charge is 0.318 e. The molecule has 29 heavy (non-hydrogen) atoms. The van der Waals surface area contributed by atoms with Crippen LogP contribution in [-0.2, 0) is 6.42 Å². The van der Waals surface area contributed by atoms with Gasteiger partial charge in [0.1, 0.15) is 0 Å². The summed E-state index contributed by atoms with van der Waals surface area (Å²) in [6.45, 7) is 5.24. The fourth-order valence-electron chi connectivity index (χ4n) is 5.74. The molecule has 5 rings (SSSR count). The first kappa shape index (κ1) is 18.7. The highest BCUT2D eigenvalue weighted by Crippen LogP contribution is 2.42. The van der Waals surface area contributed by atoms with Gasteiger partial charge >= 0.3 is 6.03 Å². The predicted molar refractivity (Wildman–Crippen MR) is 116 cm³/mol. The van der Waals surface area contributed by atoms with Crippen LogP contribution in [-0.4, -0.2) is 41.5 Å². The summed E-state index contributed by atoms with van der Waals surface area (Å²) >= 11 is 0. The zero-order valence-corrected chi connectivity index (χ0v) is 17.3. The second kappa shape index (κ2) is 7.83. The maximum absolute atomic E-state index is 13.2. The van der Waals surface area contributed by atoms with E-state index in [-0.39, 0.29) is 12.1 Å². The Kier molecular flexibility index (Phi) is 5.04. The number of benzene rings is 2. The van der Waals surface area contributed by atoms with Crippen molar-refractivity contribution in [3.63, 3.8) is 0 Å². The van der Waals surface area contributed by atoms with Crippen LogP contribution in [0.3, 0.4) is 0 Å². The van der Waals surface area contributed by atoms with E-state index in [1.54, 1.807) is 0 Å². The Morgan fingerprint density at radius 2 is 1.86 bits per heavy atom. The molecule has 4 atom stereocenters. The Balaban J connectivity index is 1.34. The first-order chi connectivity index (χ1) is 14.2. The first-order valence-electron chi connectivity index (χ1n) is 11.1. The summed E-state index contributed by atoms with van der Waals surface area (Å²) in [6.07, 6.45) is 4.58.